The summed E-state index contributed by atoms with van der Waals surface area (Å²) in [5, 5.41) is 0. The molecular formula is C16H22. The Morgan fingerprint density at radius 3 is 2.56 bits per heavy atom. The zero-order valence-electron chi connectivity index (χ0n) is 10.5. The number of hydrogen-bond donors (Lipinski definition) is 0. The monoisotopic (exact) mass is 214 g/mol. The van der Waals surface area contributed by atoms with Gasteiger partial charge in [0, 0.05) is 0 Å². The topological polar surface area (TPSA) is 0 Å². The highest BCUT2D eigenvalue weighted by Gasteiger charge is 2.26. The van der Waals surface area contributed by atoms with Gasteiger partial charge in [-0.05, 0) is 66.5 Å². The Labute approximate surface area is 99.1 Å². The van der Waals surface area contributed by atoms with Gasteiger partial charge in [-0.1, -0.05) is 32.0 Å². The molecule has 0 aromatic heterocycles. The SMILES string of the molecule is CC(C)C1CCc2cc(C3CC3)ccc2C1. The molecule has 1 fully saturated rings. The third kappa shape index (κ3) is 1.90. The van der Waals surface area contributed by atoms with Gasteiger partial charge >= 0.3 is 0 Å². The molecule has 3 rings (SSSR count). The van der Waals surface area contributed by atoms with Crippen LogP contribution in [0.2, 0.25) is 0 Å². The number of fused-ring (bicyclic) bond motifs is 1. The van der Waals surface area contributed by atoms with E-state index in [2.05, 4.69) is 32.0 Å². The van der Waals surface area contributed by atoms with Gasteiger partial charge in [0.1, 0.15) is 0 Å². The van der Waals surface area contributed by atoms with Crippen LogP contribution in [0.15, 0.2) is 18.2 Å². The average molecular weight is 214 g/mol. The van der Waals surface area contributed by atoms with E-state index in [1.54, 1.807) is 16.7 Å². The fourth-order valence-electron chi connectivity index (χ4n) is 3.04. The van der Waals surface area contributed by atoms with Crippen LogP contribution in [0.25, 0.3) is 0 Å². The summed E-state index contributed by atoms with van der Waals surface area (Å²) in [6.45, 7) is 4.74. The first kappa shape index (κ1) is 10.4. The molecule has 16 heavy (non-hydrogen) atoms. The van der Waals surface area contributed by atoms with Gasteiger partial charge in [-0.15, -0.1) is 0 Å². The lowest BCUT2D eigenvalue weighted by molar-refractivity contribution is 0.343. The summed E-state index contributed by atoms with van der Waals surface area (Å²) >= 11 is 0. The van der Waals surface area contributed by atoms with Gasteiger partial charge in [-0.2, -0.15) is 0 Å². The molecule has 0 bridgehead atoms. The van der Waals surface area contributed by atoms with E-state index in [1.165, 1.54) is 32.1 Å². The van der Waals surface area contributed by atoms with Crippen LogP contribution >= 0.6 is 0 Å². The van der Waals surface area contributed by atoms with Crippen molar-refractivity contribution in [3.63, 3.8) is 0 Å². The van der Waals surface area contributed by atoms with E-state index in [-0.39, 0.29) is 0 Å². The number of benzene rings is 1. The van der Waals surface area contributed by atoms with Crippen LogP contribution in [0, 0.1) is 11.8 Å². The summed E-state index contributed by atoms with van der Waals surface area (Å²) in [6, 6.07) is 7.31. The summed E-state index contributed by atoms with van der Waals surface area (Å²) in [4.78, 5) is 0. The summed E-state index contributed by atoms with van der Waals surface area (Å²) in [7, 11) is 0. The first-order chi connectivity index (χ1) is 7.74. The fourth-order valence-corrected chi connectivity index (χ4v) is 3.04. The second-order valence-electron chi connectivity index (χ2n) is 6.05. The molecule has 1 aromatic rings. The summed E-state index contributed by atoms with van der Waals surface area (Å²) < 4.78 is 0. The Bertz CT molecular complexity index is 385. The predicted molar refractivity (Wildman–Crippen MR) is 68.8 cm³/mol. The van der Waals surface area contributed by atoms with Crippen LogP contribution in [-0.2, 0) is 12.8 Å². The summed E-state index contributed by atoms with van der Waals surface area (Å²) in [5.41, 5.74) is 4.90. The maximum atomic E-state index is 2.50. The van der Waals surface area contributed by atoms with Gasteiger partial charge in [-0.25, -0.2) is 0 Å². The lowest BCUT2D eigenvalue weighted by Crippen LogP contribution is -2.19. The maximum Gasteiger partial charge on any atom is -0.0161 e. The van der Waals surface area contributed by atoms with Crippen LogP contribution in [-0.4, -0.2) is 0 Å². The van der Waals surface area contributed by atoms with E-state index < -0.39 is 0 Å². The zero-order valence-corrected chi connectivity index (χ0v) is 10.5. The molecule has 0 aliphatic heterocycles. The van der Waals surface area contributed by atoms with Crippen molar-refractivity contribution in [2.24, 2.45) is 11.8 Å². The first-order valence-electron chi connectivity index (χ1n) is 6.85. The molecule has 1 saturated carbocycles. The molecule has 2 aliphatic carbocycles. The van der Waals surface area contributed by atoms with Crippen LogP contribution in [0.4, 0.5) is 0 Å². The molecule has 1 unspecified atom stereocenters. The molecule has 0 heteroatoms. The second kappa shape index (κ2) is 3.91. The second-order valence-corrected chi connectivity index (χ2v) is 6.05. The fraction of sp³-hybridized carbons (Fsp3) is 0.625. The lowest BCUT2D eigenvalue weighted by Gasteiger charge is -2.27. The number of aryl methyl sites for hydroxylation is 1. The highest BCUT2D eigenvalue weighted by Crippen LogP contribution is 2.41. The zero-order chi connectivity index (χ0) is 11.1. The van der Waals surface area contributed by atoms with Gasteiger partial charge in [-0.3, -0.25) is 0 Å². The predicted octanol–water partition coefficient (Wildman–Crippen LogP) is 4.32. The molecule has 0 radical (unpaired) electrons. The van der Waals surface area contributed by atoms with Crippen LogP contribution in [0.1, 0.15) is 55.7 Å². The van der Waals surface area contributed by atoms with Crippen molar-refractivity contribution in [2.75, 3.05) is 0 Å². The minimum atomic E-state index is 0.844. The van der Waals surface area contributed by atoms with Crippen molar-refractivity contribution in [1.29, 1.82) is 0 Å². The number of hydrogen-bond acceptors (Lipinski definition) is 0. The van der Waals surface area contributed by atoms with E-state index in [4.69, 9.17) is 0 Å². The molecule has 0 N–H and O–H groups in total. The van der Waals surface area contributed by atoms with Gasteiger partial charge in [0.05, 0.1) is 0 Å². The summed E-state index contributed by atoms with van der Waals surface area (Å²) in [5.74, 6) is 2.67. The summed E-state index contributed by atoms with van der Waals surface area (Å²) in [6.07, 6.45) is 6.89. The number of rotatable bonds is 2. The van der Waals surface area contributed by atoms with Crippen molar-refractivity contribution in [3.8, 4) is 0 Å². The largest absolute Gasteiger partial charge is 0.0625 e. The molecule has 1 atom stereocenters. The minimum Gasteiger partial charge on any atom is -0.0625 e. The van der Waals surface area contributed by atoms with Gasteiger partial charge < -0.3 is 0 Å². The van der Waals surface area contributed by atoms with Crippen molar-refractivity contribution in [3.05, 3.63) is 34.9 Å². The maximum absolute atomic E-state index is 2.50. The molecule has 0 heterocycles. The van der Waals surface area contributed by atoms with E-state index >= 15 is 0 Å². The first-order valence-corrected chi connectivity index (χ1v) is 6.85. The third-order valence-electron chi connectivity index (χ3n) is 4.49. The molecule has 0 amide bonds. The van der Waals surface area contributed by atoms with Crippen molar-refractivity contribution in [2.45, 2.75) is 51.9 Å². The highest BCUT2D eigenvalue weighted by atomic mass is 14.3. The Balaban J connectivity index is 1.83. The quantitative estimate of drug-likeness (QED) is 0.687. The Morgan fingerprint density at radius 2 is 1.88 bits per heavy atom. The molecule has 2 aliphatic rings. The Hall–Kier alpha value is -0.780. The van der Waals surface area contributed by atoms with E-state index in [0.717, 1.165) is 17.8 Å². The lowest BCUT2D eigenvalue weighted by atomic mass is 9.78. The van der Waals surface area contributed by atoms with E-state index in [0.29, 0.717) is 0 Å². The highest BCUT2D eigenvalue weighted by molar-refractivity contribution is 5.37. The van der Waals surface area contributed by atoms with Crippen molar-refractivity contribution in [1.82, 2.24) is 0 Å². The van der Waals surface area contributed by atoms with Crippen LogP contribution < -0.4 is 0 Å². The molecule has 0 spiro atoms. The molecular weight excluding hydrogens is 192 g/mol. The molecule has 86 valence electrons. The molecule has 0 nitrogen and oxygen atoms in total. The average Bonchev–Trinajstić information content (AvgIpc) is 3.11. The smallest absolute Gasteiger partial charge is 0.0161 e. The normalized spacial score (nSPS) is 24.6. The molecule has 1 aromatic carbocycles. The van der Waals surface area contributed by atoms with E-state index in [1.807, 2.05) is 0 Å². The van der Waals surface area contributed by atoms with Gasteiger partial charge in [0.25, 0.3) is 0 Å². The van der Waals surface area contributed by atoms with E-state index in [9.17, 15) is 0 Å². The van der Waals surface area contributed by atoms with Crippen molar-refractivity contribution >= 4 is 0 Å². The minimum absolute atomic E-state index is 0.844. The van der Waals surface area contributed by atoms with Gasteiger partial charge in [0.2, 0.25) is 0 Å². The van der Waals surface area contributed by atoms with Crippen molar-refractivity contribution < 1.29 is 0 Å². The Kier molecular flexibility index (Phi) is 2.53. The van der Waals surface area contributed by atoms with Crippen LogP contribution in [0.3, 0.4) is 0 Å². The third-order valence-corrected chi connectivity index (χ3v) is 4.49. The van der Waals surface area contributed by atoms with Gasteiger partial charge in [0.15, 0.2) is 0 Å². The Morgan fingerprint density at radius 1 is 1.06 bits per heavy atom. The van der Waals surface area contributed by atoms with Crippen LogP contribution in [0.5, 0.6) is 0 Å². The molecule has 0 saturated heterocycles. The standard InChI is InChI=1S/C16H22/c1-11(2)13-5-6-16-10-14(12-3-4-12)7-8-15(16)9-13/h7-8,10-13H,3-6,9H2,1-2H3.